The second-order valence-electron chi connectivity index (χ2n) is 7.41. The van der Waals surface area contributed by atoms with Gasteiger partial charge < -0.3 is 20.3 Å². The number of benzene rings is 3. The standard InChI is InChI=1S/C25H27ClN2O4/c1-16-18(9-6-10-20(16)17-7-4-3-5-8-17)13-27-22-12-24(32-2)19(11-21(22)26)14-28-23(15-29)25(30)31/h3-12,23,27-29H,13-15H2,1-2H3,(H,30,31)/t23-/m1/s1. The Balaban J connectivity index is 1.76. The van der Waals surface area contributed by atoms with Crippen molar-refractivity contribution in [3.05, 3.63) is 82.4 Å². The number of rotatable bonds is 10. The van der Waals surface area contributed by atoms with Crippen LogP contribution in [0.1, 0.15) is 16.7 Å². The number of halogens is 1. The van der Waals surface area contributed by atoms with Crippen LogP contribution >= 0.6 is 11.6 Å². The van der Waals surface area contributed by atoms with E-state index in [-0.39, 0.29) is 6.54 Å². The quantitative estimate of drug-likeness (QED) is 0.361. The average molecular weight is 455 g/mol. The van der Waals surface area contributed by atoms with E-state index < -0.39 is 18.6 Å². The molecule has 0 aliphatic heterocycles. The van der Waals surface area contributed by atoms with Crippen molar-refractivity contribution in [3.8, 4) is 16.9 Å². The van der Waals surface area contributed by atoms with Crippen LogP contribution in [-0.4, -0.2) is 35.9 Å². The highest BCUT2D eigenvalue weighted by molar-refractivity contribution is 6.33. The van der Waals surface area contributed by atoms with Crippen LogP contribution in [0.4, 0.5) is 5.69 Å². The number of carboxylic acid groups (broad SMARTS) is 1. The van der Waals surface area contributed by atoms with Gasteiger partial charge in [0.25, 0.3) is 0 Å². The molecule has 6 nitrogen and oxygen atoms in total. The summed E-state index contributed by atoms with van der Waals surface area (Å²) in [6, 6.07) is 19.0. The van der Waals surface area contributed by atoms with Gasteiger partial charge in [-0.05, 0) is 35.2 Å². The van der Waals surface area contributed by atoms with Crippen LogP contribution in [0.5, 0.6) is 5.75 Å². The maximum atomic E-state index is 11.1. The molecule has 168 valence electrons. The fourth-order valence-electron chi connectivity index (χ4n) is 3.52. The Morgan fingerprint density at radius 2 is 1.81 bits per heavy atom. The molecule has 0 aromatic heterocycles. The van der Waals surface area contributed by atoms with Crippen molar-refractivity contribution in [1.82, 2.24) is 5.32 Å². The highest BCUT2D eigenvalue weighted by Crippen LogP contribution is 2.32. The third kappa shape index (κ3) is 5.59. The monoisotopic (exact) mass is 454 g/mol. The zero-order chi connectivity index (χ0) is 23.1. The molecule has 0 unspecified atom stereocenters. The molecule has 0 amide bonds. The lowest BCUT2D eigenvalue weighted by molar-refractivity contribution is -0.140. The molecule has 0 saturated carbocycles. The molecule has 0 heterocycles. The first kappa shape index (κ1) is 23.6. The second kappa shape index (κ2) is 11.0. The summed E-state index contributed by atoms with van der Waals surface area (Å²) in [7, 11) is 1.55. The smallest absolute Gasteiger partial charge is 0.323 e. The molecule has 3 rings (SSSR count). The maximum Gasteiger partial charge on any atom is 0.323 e. The van der Waals surface area contributed by atoms with E-state index in [1.807, 2.05) is 24.3 Å². The van der Waals surface area contributed by atoms with Crippen molar-refractivity contribution in [2.24, 2.45) is 0 Å². The van der Waals surface area contributed by atoms with Gasteiger partial charge in [0.2, 0.25) is 0 Å². The van der Waals surface area contributed by atoms with E-state index in [0.717, 1.165) is 5.56 Å². The van der Waals surface area contributed by atoms with Crippen molar-refractivity contribution in [3.63, 3.8) is 0 Å². The molecule has 3 aromatic rings. The summed E-state index contributed by atoms with van der Waals surface area (Å²) in [5.41, 5.74) is 6.12. The first-order valence-corrected chi connectivity index (χ1v) is 10.6. The summed E-state index contributed by atoms with van der Waals surface area (Å²) < 4.78 is 5.47. The van der Waals surface area contributed by atoms with Crippen molar-refractivity contribution in [1.29, 1.82) is 0 Å². The van der Waals surface area contributed by atoms with Gasteiger partial charge in [-0.25, -0.2) is 0 Å². The van der Waals surface area contributed by atoms with Crippen LogP contribution in [0.25, 0.3) is 11.1 Å². The molecule has 7 heteroatoms. The van der Waals surface area contributed by atoms with E-state index in [2.05, 4.69) is 41.8 Å². The Morgan fingerprint density at radius 1 is 1.06 bits per heavy atom. The molecule has 0 aliphatic carbocycles. The summed E-state index contributed by atoms with van der Waals surface area (Å²) in [4.78, 5) is 11.1. The van der Waals surface area contributed by atoms with Crippen LogP contribution in [0, 0.1) is 6.92 Å². The fourth-order valence-corrected chi connectivity index (χ4v) is 3.77. The Kier molecular flexibility index (Phi) is 8.11. The summed E-state index contributed by atoms with van der Waals surface area (Å²) in [6.07, 6.45) is 0. The van der Waals surface area contributed by atoms with Crippen LogP contribution in [0.3, 0.4) is 0 Å². The number of methoxy groups -OCH3 is 1. The minimum absolute atomic E-state index is 0.193. The van der Waals surface area contributed by atoms with Gasteiger partial charge in [-0.15, -0.1) is 0 Å². The zero-order valence-electron chi connectivity index (χ0n) is 18.1. The SMILES string of the molecule is COc1cc(NCc2cccc(-c3ccccc3)c2C)c(Cl)cc1CN[C@H](CO)C(=O)O. The highest BCUT2D eigenvalue weighted by atomic mass is 35.5. The van der Waals surface area contributed by atoms with E-state index in [0.29, 0.717) is 28.6 Å². The van der Waals surface area contributed by atoms with Gasteiger partial charge in [-0.1, -0.05) is 60.1 Å². The van der Waals surface area contributed by atoms with Gasteiger partial charge in [0, 0.05) is 24.7 Å². The van der Waals surface area contributed by atoms with Gasteiger partial charge >= 0.3 is 5.97 Å². The summed E-state index contributed by atoms with van der Waals surface area (Å²) in [5.74, 6) is -0.551. The fraction of sp³-hybridized carbons (Fsp3) is 0.240. The topological polar surface area (TPSA) is 90.8 Å². The van der Waals surface area contributed by atoms with Gasteiger partial charge in [-0.2, -0.15) is 0 Å². The number of hydrogen-bond acceptors (Lipinski definition) is 5. The van der Waals surface area contributed by atoms with Crippen LogP contribution in [0.15, 0.2) is 60.7 Å². The normalized spacial score (nSPS) is 11.8. The van der Waals surface area contributed by atoms with E-state index in [9.17, 15) is 9.90 Å². The van der Waals surface area contributed by atoms with E-state index in [4.69, 9.17) is 21.4 Å². The lowest BCUT2D eigenvalue weighted by Crippen LogP contribution is -2.39. The van der Waals surface area contributed by atoms with Gasteiger partial charge in [-0.3, -0.25) is 10.1 Å². The molecule has 1 atom stereocenters. The van der Waals surface area contributed by atoms with Crippen molar-refractivity contribution < 1.29 is 19.7 Å². The first-order chi connectivity index (χ1) is 15.4. The highest BCUT2D eigenvalue weighted by Gasteiger charge is 2.17. The Morgan fingerprint density at radius 3 is 2.47 bits per heavy atom. The minimum atomic E-state index is -1.12. The third-order valence-corrected chi connectivity index (χ3v) is 5.70. The largest absolute Gasteiger partial charge is 0.496 e. The molecular formula is C25H27ClN2O4. The van der Waals surface area contributed by atoms with E-state index in [1.165, 1.54) is 16.7 Å². The van der Waals surface area contributed by atoms with E-state index in [1.54, 1.807) is 19.2 Å². The van der Waals surface area contributed by atoms with E-state index >= 15 is 0 Å². The van der Waals surface area contributed by atoms with Gasteiger partial charge in [0.1, 0.15) is 11.8 Å². The molecule has 0 spiro atoms. The third-order valence-electron chi connectivity index (χ3n) is 5.39. The molecule has 0 saturated heterocycles. The summed E-state index contributed by atoms with van der Waals surface area (Å²) >= 11 is 6.49. The molecule has 4 N–H and O–H groups in total. The number of hydrogen-bond donors (Lipinski definition) is 4. The number of carboxylic acids is 1. The van der Waals surface area contributed by atoms with Gasteiger partial charge in [0.05, 0.1) is 24.4 Å². The van der Waals surface area contributed by atoms with Gasteiger partial charge in [0.15, 0.2) is 0 Å². The number of nitrogens with one attached hydrogen (secondary N) is 2. The first-order valence-electron chi connectivity index (χ1n) is 10.3. The van der Waals surface area contributed by atoms with Crippen molar-refractivity contribution in [2.75, 3.05) is 19.0 Å². The maximum absolute atomic E-state index is 11.1. The number of aliphatic hydroxyl groups excluding tert-OH is 1. The number of aliphatic carboxylic acids is 1. The predicted molar refractivity (Wildman–Crippen MR) is 127 cm³/mol. The van der Waals surface area contributed by atoms with Crippen LogP contribution in [-0.2, 0) is 17.9 Å². The summed E-state index contributed by atoms with van der Waals surface area (Å²) in [6.45, 7) is 2.38. The number of aliphatic hydroxyl groups is 1. The number of carbonyl (C=O) groups is 1. The average Bonchev–Trinajstić information content (AvgIpc) is 2.80. The second-order valence-corrected chi connectivity index (χ2v) is 7.81. The number of anilines is 1. The Labute approximate surface area is 192 Å². The van der Waals surface area contributed by atoms with Crippen molar-refractivity contribution in [2.45, 2.75) is 26.1 Å². The molecule has 0 fully saturated rings. The molecule has 0 bridgehead atoms. The zero-order valence-corrected chi connectivity index (χ0v) is 18.8. The summed E-state index contributed by atoms with van der Waals surface area (Å²) in [5, 5.41) is 24.9. The van der Waals surface area contributed by atoms with Crippen LogP contribution in [0.2, 0.25) is 5.02 Å². The lowest BCUT2D eigenvalue weighted by atomic mass is 9.96. The molecule has 0 aliphatic rings. The molecule has 3 aromatic carbocycles. The lowest BCUT2D eigenvalue weighted by Gasteiger charge is -2.17. The van der Waals surface area contributed by atoms with Crippen molar-refractivity contribution >= 4 is 23.3 Å². The Hall–Kier alpha value is -3.06. The molecule has 32 heavy (non-hydrogen) atoms. The number of ether oxygens (including phenoxy) is 1. The minimum Gasteiger partial charge on any atom is -0.496 e. The Bertz CT molecular complexity index is 1070. The van der Waals surface area contributed by atoms with Crippen LogP contribution < -0.4 is 15.4 Å². The molecular weight excluding hydrogens is 428 g/mol. The predicted octanol–water partition coefficient (Wildman–Crippen LogP) is 4.47. The molecule has 0 radical (unpaired) electrons.